The molecule has 2 aromatic heterocycles. The molecule has 4 aromatic rings. The zero-order valence-electron chi connectivity index (χ0n) is 17.0. The van der Waals surface area contributed by atoms with Crippen LogP contribution < -0.4 is 10.1 Å². The van der Waals surface area contributed by atoms with Gasteiger partial charge in [0.1, 0.15) is 17.5 Å². The van der Waals surface area contributed by atoms with E-state index >= 15 is 0 Å². The molecule has 4 rings (SSSR count). The van der Waals surface area contributed by atoms with Crippen molar-refractivity contribution in [2.75, 3.05) is 18.5 Å². The fraction of sp³-hybridized carbons (Fsp3) is 0.190. The van der Waals surface area contributed by atoms with E-state index in [0.29, 0.717) is 6.07 Å². The Morgan fingerprint density at radius 2 is 1.82 bits per heavy atom. The van der Waals surface area contributed by atoms with Crippen molar-refractivity contribution in [1.29, 1.82) is 0 Å². The van der Waals surface area contributed by atoms with E-state index in [0.717, 1.165) is 18.2 Å². The third-order valence-corrected chi connectivity index (χ3v) is 5.04. The average Bonchev–Trinajstić information content (AvgIpc) is 3.19. The van der Waals surface area contributed by atoms with Crippen molar-refractivity contribution < 1.29 is 28.1 Å². The topological polar surface area (TPSA) is 116 Å². The van der Waals surface area contributed by atoms with Gasteiger partial charge >= 0.3 is 6.01 Å². The summed E-state index contributed by atoms with van der Waals surface area (Å²) in [6.45, 7) is 0.546. The first-order chi connectivity index (χ1) is 15.7. The molecule has 0 atom stereocenters. The number of anilines is 1. The van der Waals surface area contributed by atoms with Crippen LogP contribution in [0.25, 0.3) is 22.3 Å². The quantitative estimate of drug-likeness (QED) is 0.316. The van der Waals surface area contributed by atoms with Gasteiger partial charge in [0.15, 0.2) is 17.2 Å². The highest BCUT2D eigenvalue weighted by molar-refractivity contribution is 6.30. The molecular formula is C21H17ClF3N5O3. The third kappa shape index (κ3) is 4.56. The van der Waals surface area contributed by atoms with Crippen LogP contribution in [0.2, 0.25) is 5.02 Å². The summed E-state index contributed by atoms with van der Waals surface area (Å²) in [6.07, 6.45) is 0. The highest BCUT2D eigenvalue weighted by atomic mass is 35.5. The SMILES string of the molecule is CC(CO)(CO)Nc1nc(Oc2ccc(F)cc2F)nc2n[nH]c(-c3ccc(Cl)cc3F)c12. The number of aliphatic hydroxyl groups excluding tert-OH is 2. The van der Waals surface area contributed by atoms with Crippen molar-refractivity contribution in [2.24, 2.45) is 0 Å². The van der Waals surface area contributed by atoms with E-state index in [1.54, 1.807) is 0 Å². The van der Waals surface area contributed by atoms with Crippen molar-refractivity contribution in [2.45, 2.75) is 12.5 Å². The lowest BCUT2D eigenvalue weighted by Gasteiger charge is -2.27. The van der Waals surface area contributed by atoms with Crippen LogP contribution in [0.5, 0.6) is 11.8 Å². The van der Waals surface area contributed by atoms with Gasteiger partial charge in [-0.1, -0.05) is 11.6 Å². The Hall–Kier alpha value is -3.41. The number of H-pyrrole nitrogens is 1. The van der Waals surface area contributed by atoms with E-state index in [2.05, 4.69) is 25.5 Å². The van der Waals surface area contributed by atoms with Crippen LogP contribution in [0.1, 0.15) is 6.92 Å². The molecule has 2 heterocycles. The van der Waals surface area contributed by atoms with Gasteiger partial charge < -0.3 is 20.3 Å². The van der Waals surface area contributed by atoms with Crippen LogP contribution in [0.3, 0.4) is 0 Å². The molecule has 0 saturated carbocycles. The Morgan fingerprint density at radius 1 is 1.06 bits per heavy atom. The maximum atomic E-state index is 14.6. The maximum Gasteiger partial charge on any atom is 0.326 e. The number of hydrogen-bond acceptors (Lipinski definition) is 7. The number of nitrogens with zero attached hydrogens (tertiary/aromatic N) is 3. The molecule has 0 fully saturated rings. The monoisotopic (exact) mass is 479 g/mol. The molecule has 0 saturated heterocycles. The number of aromatic nitrogens is 4. The standard InChI is InChI=1S/C21H17ClF3N5O3/c1-21(8-31,9-32)28-18-16-17(12-4-2-10(22)6-13(12)24)29-30-19(16)27-20(26-18)33-15-5-3-11(23)7-14(15)25/h2-7,31-32H,8-9H2,1H3,(H2,26,27,28,29,30). The summed E-state index contributed by atoms with van der Waals surface area (Å²) in [5.74, 6) is -2.73. The number of rotatable bonds is 7. The Kier molecular flexibility index (Phi) is 6.11. The molecule has 172 valence electrons. The number of ether oxygens (including phenoxy) is 1. The fourth-order valence-electron chi connectivity index (χ4n) is 3.00. The number of halogens is 4. The van der Waals surface area contributed by atoms with Gasteiger partial charge in [-0.05, 0) is 37.3 Å². The molecule has 0 amide bonds. The number of hydrogen-bond donors (Lipinski definition) is 4. The minimum atomic E-state index is -1.24. The summed E-state index contributed by atoms with van der Waals surface area (Å²) in [7, 11) is 0. The molecule has 0 aliphatic rings. The van der Waals surface area contributed by atoms with Gasteiger partial charge in [0, 0.05) is 16.7 Å². The van der Waals surface area contributed by atoms with Gasteiger partial charge in [0.2, 0.25) is 0 Å². The van der Waals surface area contributed by atoms with Crippen molar-refractivity contribution in [1.82, 2.24) is 20.2 Å². The van der Waals surface area contributed by atoms with Gasteiger partial charge in [0.05, 0.1) is 29.8 Å². The van der Waals surface area contributed by atoms with Gasteiger partial charge in [-0.2, -0.15) is 15.1 Å². The second-order valence-corrected chi connectivity index (χ2v) is 7.89. The van der Waals surface area contributed by atoms with Crippen LogP contribution in [0.4, 0.5) is 19.0 Å². The highest BCUT2D eigenvalue weighted by Gasteiger charge is 2.27. The highest BCUT2D eigenvalue weighted by Crippen LogP contribution is 2.35. The molecule has 4 N–H and O–H groups in total. The summed E-state index contributed by atoms with van der Waals surface area (Å²) < 4.78 is 47.3. The van der Waals surface area contributed by atoms with E-state index in [4.69, 9.17) is 16.3 Å². The van der Waals surface area contributed by atoms with E-state index < -0.39 is 36.2 Å². The summed E-state index contributed by atoms with van der Waals surface area (Å²) >= 11 is 5.84. The van der Waals surface area contributed by atoms with E-state index in [1.165, 1.54) is 19.1 Å². The molecule has 2 aromatic carbocycles. The lowest BCUT2D eigenvalue weighted by molar-refractivity contribution is 0.147. The van der Waals surface area contributed by atoms with Crippen molar-refractivity contribution in [3.8, 4) is 23.0 Å². The fourth-order valence-corrected chi connectivity index (χ4v) is 3.16. The molecule has 0 spiro atoms. The van der Waals surface area contributed by atoms with E-state index in [1.807, 2.05) is 0 Å². The van der Waals surface area contributed by atoms with Crippen LogP contribution in [0, 0.1) is 17.5 Å². The minimum Gasteiger partial charge on any atom is -0.421 e. The molecule has 0 aliphatic heterocycles. The second kappa shape index (κ2) is 8.85. The maximum absolute atomic E-state index is 14.6. The molecule has 0 bridgehead atoms. The summed E-state index contributed by atoms with van der Waals surface area (Å²) in [5, 5.41) is 29.5. The lowest BCUT2D eigenvalue weighted by Crippen LogP contribution is -2.42. The van der Waals surface area contributed by atoms with Gasteiger partial charge in [-0.3, -0.25) is 5.10 Å². The summed E-state index contributed by atoms with van der Waals surface area (Å²) in [6, 6.07) is 6.39. The smallest absolute Gasteiger partial charge is 0.326 e. The van der Waals surface area contributed by atoms with E-state index in [-0.39, 0.29) is 44.9 Å². The van der Waals surface area contributed by atoms with Gasteiger partial charge in [0.25, 0.3) is 0 Å². The average molecular weight is 480 g/mol. The molecule has 0 unspecified atom stereocenters. The Morgan fingerprint density at radius 3 is 2.48 bits per heavy atom. The minimum absolute atomic E-state index is 0.0150. The normalized spacial score (nSPS) is 11.7. The Bertz CT molecular complexity index is 1330. The van der Waals surface area contributed by atoms with Crippen LogP contribution in [0.15, 0.2) is 36.4 Å². The first-order valence-electron chi connectivity index (χ1n) is 9.57. The van der Waals surface area contributed by atoms with Crippen molar-refractivity contribution in [3.05, 3.63) is 58.9 Å². The van der Waals surface area contributed by atoms with Gasteiger partial charge in [-0.15, -0.1) is 0 Å². The number of benzene rings is 2. The van der Waals surface area contributed by atoms with Crippen molar-refractivity contribution in [3.63, 3.8) is 0 Å². The number of aromatic amines is 1. The zero-order valence-corrected chi connectivity index (χ0v) is 17.8. The molecule has 0 radical (unpaired) electrons. The van der Waals surface area contributed by atoms with Crippen LogP contribution >= 0.6 is 11.6 Å². The molecule has 12 heteroatoms. The molecule has 8 nitrogen and oxygen atoms in total. The third-order valence-electron chi connectivity index (χ3n) is 4.81. The Balaban J connectivity index is 1.88. The number of nitrogens with one attached hydrogen (secondary N) is 2. The van der Waals surface area contributed by atoms with Crippen LogP contribution in [-0.2, 0) is 0 Å². The predicted molar refractivity (Wildman–Crippen MR) is 115 cm³/mol. The molecule has 33 heavy (non-hydrogen) atoms. The molecule has 0 aliphatic carbocycles. The summed E-state index contributed by atoms with van der Waals surface area (Å²) in [5.41, 5.74) is -0.916. The first kappa shape index (κ1) is 22.8. The first-order valence-corrected chi connectivity index (χ1v) is 9.95. The lowest BCUT2D eigenvalue weighted by atomic mass is 10.0. The zero-order chi connectivity index (χ0) is 23.8. The Labute approximate surface area is 190 Å². The van der Waals surface area contributed by atoms with E-state index in [9.17, 15) is 23.4 Å². The van der Waals surface area contributed by atoms with Gasteiger partial charge in [-0.25, -0.2) is 13.2 Å². The largest absolute Gasteiger partial charge is 0.421 e. The predicted octanol–water partition coefficient (Wildman–Crippen LogP) is 4.04. The summed E-state index contributed by atoms with van der Waals surface area (Å²) in [4.78, 5) is 8.33. The van der Waals surface area contributed by atoms with Crippen molar-refractivity contribution >= 4 is 28.5 Å². The van der Waals surface area contributed by atoms with Crippen LogP contribution in [-0.4, -0.2) is 49.1 Å². The number of fused-ring (bicyclic) bond motifs is 1. The molecular weight excluding hydrogens is 463 g/mol. The second-order valence-electron chi connectivity index (χ2n) is 7.45. The number of aliphatic hydroxyl groups is 2.